The van der Waals surface area contributed by atoms with Gasteiger partial charge in [0.25, 0.3) is 5.89 Å². The molecule has 1 N–H and O–H groups in total. The van der Waals surface area contributed by atoms with Crippen LogP contribution < -0.4 is 10.2 Å². The van der Waals surface area contributed by atoms with Crippen LogP contribution in [0.1, 0.15) is 30.0 Å². The van der Waals surface area contributed by atoms with Crippen molar-refractivity contribution in [3.8, 4) is 11.4 Å². The van der Waals surface area contributed by atoms with E-state index in [1.807, 2.05) is 61.7 Å². The highest BCUT2D eigenvalue weighted by Crippen LogP contribution is 2.39. The topological polar surface area (TPSA) is 71.3 Å². The molecule has 0 aliphatic carbocycles. The Morgan fingerprint density at radius 3 is 2.46 bits per heavy atom. The van der Waals surface area contributed by atoms with E-state index in [-0.39, 0.29) is 6.03 Å². The first-order chi connectivity index (χ1) is 16.9. The third kappa shape index (κ3) is 4.44. The molecule has 0 fully saturated rings. The summed E-state index contributed by atoms with van der Waals surface area (Å²) in [6.45, 7) is 3.81. The molecule has 2 heterocycles. The highest BCUT2D eigenvalue weighted by atomic mass is 32.2. The molecule has 1 aliphatic rings. The number of halogens is 1. The number of aryl methyl sites for hydroxylation is 1. The summed E-state index contributed by atoms with van der Waals surface area (Å²) in [5.41, 5.74) is 4.45. The molecule has 4 aromatic rings. The van der Waals surface area contributed by atoms with Crippen LogP contribution in [0.5, 0.6) is 0 Å². The summed E-state index contributed by atoms with van der Waals surface area (Å²) in [7, 11) is 0. The van der Waals surface area contributed by atoms with Crippen LogP contribution in [0.3, 0.4) is 0 Å². The average molecular weight is 487 g/mol. The molecule has 8 heteroatoms. The lowest BCUT2D eigenvalue weighted by Crippen LogP contribution is -2.46. The van der Waals surface area contributed by atoms with E-state index >= 15 is 0 Å². The predicted octanol–water partition coefficient (Wildman–Crippen LogP) is 6.61. The van der Waals surface area contributed by atoms with Crippen molar-refractivity contribution in [2.75, 3.05) is 11.2 Å². The van der Waals surface area contributed by atoms with Crippen LogP contribution in [-0.4, -0.2) is 22.4 Å². The summed E-state index contributed by atoms with van der Waals surface area (Å²) in [4.78, 5) is 20.5. The SMILES string of the molecule is CSc1ccc(-c2noc(C3=C(C)N(c4cccc(F)c4)C(=O)NC3c3ccc(C)cc3)n2)cc1. The van der Waals surface area contributed by atoms with E-state index in [2.05, 4.69) is 15.5 Å². The largest absolute Gasteiger partial charge is 0.334 e. The first-order valence-electron chi connectivity index (χ1n) is 11.1. The molecule has 35 heavy (non-hydrogen) atoms. The van der Waals surface area contributed by atoms with E-state index in [9.17, 15) is 9.18 Å². The molecule has 1 aliphatic heterocycles. The molecule has 0 bridgehead atoms. The number of rotatable bonds is 5. The van der Waals surface area contributed by atoms with Gasteiger partial charge in [-0.25, -0.2) is 9.18 Å². The van der Waals surface area contributed by atoms with Crippen molar-refractivity contribution >= 4 is 29.1 Å². The molecule has 6 nitrogen and oxygen atoms in total. The Balaban J connectivity index is 1.63. The monoisotopic (exact) mass is 486 g/mol. The standard InChI is InChI=1S/C27H23FN4O2S/c1-16-7-9-18(10-8-16)24-23(17(2)32(27(33)29-24)21-6-4-5-20(28)15-21)26-30-25(31-34-26)19-11-13-22(35-3)14-12-19/h4-15,24H,1-3H3,(H,29,33). The number of aromatic nitrogens is 2. The van der Waals surface area contributed by atoms with Crippen LogP contribution in [0, 0.1) is 12.7 Å². The van der Waals surface area contributed by atoms with E-state index < -0.39 is 11.9 Å². The third-order valence-electron chi connectivity index (χ3n) is 5.97. The Morgan fingerprint density at radius 2 is 1.77 bits per heavy atom. The second kappa shape index (κ2) is 9.38. The zero-order valence-electron chi connectivity index (χ0n) is 19.4. The number of hydrogen-bond donors (Lipinski definition) is 1. The summed E-state index contributed by atoms with van der Waals surface area (Å²) >= 11 is 1.65. The van der Waals surface area contributed by atoms with Gasteiger partial charge in [-0.3, -0.25) is 4.90 Å². The molecule has 0 saturated carbocycles. The predicted molar refractivity (Wildman–Crippen MR) is 135 cm³/mol. The van der Waals surface area contributed by atoms with Crippen LogP contribution in [-0.2, 0) is 0 Å². The van der Waals surface area contributed by atoms with Crippen LogP contribution in [0.2, 0.25) is 0 Å². The first-order valence-corrected chi connectivity index (χ1v) is 12.3. The van der Waals surface area contributed by atoms with Gasteiger partial charge < -0.3 is 9.84 Å². The second-order valence-corrected chi connectivity index (χ2v) is 9.14. The Bertz CT molecular complexity index is 1410. The number of benzene rings is 3. The fraction of sp³-hybridized carbons (Fsp3) is 0.148. The zero-order valence-corrected chi connectivity index (χ0v) is 20.3. The molecule has 0 saturated heterocycles. The number of urea groups is 1. The maximum Gasteiger partial charge on any atom is 0.327 e. The van der Waals surface area contributed by atoms with Gasteiger partial charge in [0.05, 0.1) is 17.3 Å². The fourth-order valence-electron chi connectivity index (χ4n) is 4.15. The van der Waals surface area contributed by atoms with Crippen molar-refractivity contribution in [3.63, 3.8) is 0 Å². The van der Waals surface area contributed by atoms with Gasteiger partial charge in [0.2, 0.25) is 5.82 Å². The maximum absolute atomic E-state index is 14.0. The number of anilines is 1. The molecular weight excluding hydrogens is 463 g/mol. The van der Waals surface area contributed by atoms with E-state index in [0.29, 0.717) is 28.7 Å². The normalized spacial score (nSPS) is 15.9. The molecule has 176 valence electrons. The number of carbonyl (C=O) groups excluding carboxylic acids is 1. The number of thioether (sulfide) groups is 1. The molecular formula is C27H23FN4O2S. The van der Waals surface area contributed by atoms with Gasteiger partial charge in [0.15, 0.2) is 0 Å². The average Bonchev–Trinajstić information content (AvgIpc) is 3.34. The van der Waals surface area contributed by atoms with E-state index in [0.717, 1.165) is 21.6 Å². The summed E-state index contributed by atoms with van der Waals surface area (Å²) in [6, 6.07) is 20.8. The number of hydrogen-bond acceptors (Lipinski definition) is 5. The Labute approximate surface area is 206 Å². The van der Waals surface area contributed by atoms with Crippen LogP contribution in [0.25, 0.3) is 17.0 Å². The third-order valence-corrected chi connectivity index (χ3v) is 6.71. The highest BCUT2D eigenvalue weighted by molar-refractivity contribution is 7.98. The van der Waals surface area contributed by atoms with Gasteiger partial charge in [-0.2, -0.15) is 4.98 Å². The fourth-order valence-corrected chi connectivity index (χ4v) is 4.55. The highest BCUT2D eigenvalue weighted by Gasteiger charge is 2.36. The van der Waals surface area contributed by atoms with Crippen molar-refractivity contribution in [3.05, 3.63) is 101 Å². The smallest absolute Gasteiger partial charge is 0.327 e. The number of carbonyl (C=O) groups is 1. The summed E-state index contributed by atoms with van der Waals surface area (Å²) in [5.74, 6) is 0.308. The minimum Gasteiger partial charge on any atom is -0.334 e. The molecule has 1 unspecified atom stereocenters. The Kier molecular flexibility index (Phi) is 6.13. The summed E-state index contributed by atoms with van der Waals surface area (Å²) < 4.78 is 19.7. The molecule has 2 amide bonds. The van der Waals surface area contributed by atoms with Gasteiger partial charge in [0.1, 0.15) is 5.82 Å². The number of allylic oxidation sites excluding steroid dienone is 1. The summed E-state index contributed by atoms with van der Waals surface area (Å²) in [5, 5.41) is 7.25. The van der Waals surface area contributed by atoms with Crippen LogP contribution >= 0.6 is 11.8 Å². The lowest BCUT2D eigenvalue weighted by Gasteiger charge is -2.35. The van der Waals surface area contributed by atoms with Crippen molar-refractivity contribution < 1.29 is 13.7 Å². The van der Waals surface area contributed by atoms with E-state index in [1.165, 1.54) is 17.0 Å². The molecule has 5 rings (SSSR count). The Morgan fingerprint density at radius 1 is 1.03 bits per heavy atom. The van der Waals surface area contributed by atoms with Gasteiger partial charge in [0, 0.05) is 16.2 Å². The Hall–Kier alpha value is -3.91. The number of nitrogens with one attached hydrogen (secondary N) is 1. The molecule has 0 spiro atoms. The maximum atomic E-state index is 14.0. The quantitative estimate of drug-likeness (QED) is 0.322. The van der Waals surface area contributed by atoms with Crippen molar-refractivity contribution in [2.24, 2.45) is 0 Å². The number of nitrogens with zero attached hydrogens (tertiary/aromatic N) is 3. The minimum absolute atomic E-state index is 0.290. The van der Waals surface area contributed by atoms with Crippen molar-refractivity contribution in [2.45, 2.75) is 24.8 Å². The first kappa shape index (κ1) is 22.9. The van der Waals surface area contributed by atoms with Crippen LogP contribution in [0.4, 0.5) is 14.9 Å². The summed E-state index contributed by atoms with van der Waals surface area (Å²) in [6.07, 6.45) is 2.02. The minimum atomic E-state index is -0.514. The van der Waals surface area contributed by atoms with E-state index in [1.54, 1.807) is 30.8 Å². The molecule has 3 aromatic carbocycles. The number of amides is 2. The van der Waals surface area contributed by atoms with Crippen molar-refractivity contribution in [1.82, 2.24) is 15.5 Å². The zero-order chi connectivity index (χ0) is 24.5. The van der Waals surface area contributed by atoms with Gasteiger partial charge in [-0.05, 0) is 68.1 Å². The molecule has 1 aromatic heterocycles. The lowest BCUT2D eigenvalue weighted by atomic mass is 9.94. The second-order valence-electron chi connectivity index (χ2n) is 8.26. The van der Waals surface area contributed by atoms with Crippen molar-refractivity contribution in [1.29, 1.82) is 0 Å². The van der Waals surface area contributed by atoms with E-state index in [4.69, 9.17) is 4.52 Å². The molecule has 1 atom stereocenters. The van der Waals surface area contributed by atoms with Crippen LogP contribution in [0.15, 0.2) is 87.9 Å². The van der Waals surface area contributed by atoms with Gasteiger partial charge in [-0.15, -0.1) is 11.8 Å². The van der Waals surface area contributed by atoms with Gasteiger partial charge in [-0.1, -0.05) is 41.1 Å². The molecule has 0 radical (unpaired) electrons. The lowest BCUT2D eigenvalue weighted by molar-refractivity contribution is 0.244. The van der Waals surface area contributed by atoms with Gasteiger partial charge >= 0.3 is 6.03 Å².